The topological polar surface area (TPSA) is 77.0 Å². The van der Waals surface area contributed by atoms with Gasteiger partial charge in [0, 0.05) is 32.1 Å². The van der Waals surface area contributed by atoms with Gasteiger partial charge < -0.3 is 20.6 Å². The number of aliphatic imine (C=N–C) groups is 1. The Kier molecular flexibility index (Phi) is 10.8. The highest BCUT2D eigenvalue weighted by Crippen LogP contribution is 2.15. The van der Waals surface area contributed by atoms with E-state index < -0.39 is 5.60 Å². The normalized spacial score (nSPS) is 18.6. The summed E-state index contributed by atoms with van der Waals surface area (Å²) >= 11 is 0. The molecule has 0 saturated carbocycles. The monoisotopic (exact) mass is 440 g/mol. The van der Waals surface area contributed by atoms with Gasteiger partial charge in [-0.2, -0.15) is 0 Å². The molecule has 0 spiro atoms. The molecule has 7 heteroatoms. The summed E-state index contributed by atoms with van der Waals surface area (Å²) in [6.45, 7) is 10.6. The molecule has 1 heterocycles. The van der Waals surface area contributed by atoms with Crippen LogP contribution < -0.4 is 10.6 Å². The Morgan fingerprint density at radius 3 is 2.48 bits per heavy atom. The molecule has 1 aliphatic heterocycles. The van der Waals surface area contributed by atoms with E-state index in [-0.39, 0.29) is 35.9 Å². The van der Waals surface area contributed by atoms with Crippen LogP contribution in [0.2, 0.25) is 0 Å². The highest BCUT2D eigenvalue weighted by Gasteiger charge is 2.26. The minimum absolute atomic E-state index is 0. The molecule has 1 fully saturated rings. The second-order valence-corrected chi connectivity index (χ2v) is 5.95. The van der Waals surface area contributed by atoms with Gasteiger partial charge in [-0.05, 0) is 26.2 Å². The highest BCUT2D eigenvalue weighted by atomic mass is 127. The first-order valence-corrected chi connectivity index (χ1v) is 8.52. The van der Waals surface area contributed by atoms with Crippen molar-refractivity contribution in [3.63, 3.8) is 0 Å². The summed E-state index contributed by atoms with van der Waals surface area (Å²) < 4.78 is 0. The van der Waals surface area contributed by atoms with Crippen LogP contribution in [-0.2, 0) is 4.79 Å². The van der Waals surface area contributed by atoms with Crippen molar-refractivity contribution in [3.8, 4) is 0 Å². The van der Waals surface area contributed by atoms with E-state index in [0.29, 0.717) is 25.8 Å². The van der Waals surface area contributed by atoms with E-state index in [9.17, 15) is 9.90 Å². The molecular formula is C16H33IN4O2. The first-order valence-electron chi connectivity index (χ1n) is 8.52. The zero-order valence-electron chi connectivity index (χ0n) is 14.9. The molecule has 1 unspecified atom stereocenters. The molecule has 6 nitrogen and oxygen atoms in total. The van der Waals surface area contributed by atoms with Crippen molar-refractivity contribution < 1.29 is 9.90 Å². The molecule has 1 aliphatic rings. The van der Waals surface area contributed by atoms with Crippen molar-refractivity contribution in [2.24, 2.45) is 4.99 Å². The van der Waals surface area contributed by atoms with E-state index in [1.54, 1.807) is 0 Å². The fourth-order valence-corrected chi connectivity index (χ4v) is 2.54. The van der Waals surface area contributed by atoms with Gasteiger partial charge in [-0.25, -0.2) is 0 Å². The number of aliphatic hydroxyl groups is 1. The molecule has 136 valence electrons. The third kappa shape index (κ3) is 7.24. The predicted molar refractivity (Wildman–Crippen MR) is 105 cm³/mol. The van der Waals surface area contributed by atoms with Crippen LogP contribution in [-0.4, -0.2) is 59.7 Å². The summed E-state index contributed by atoms with van der Waals surface area (Å²) in [5.41, 5.74) is -0.734. The number of likely N-dealkylation sites (tertiary alicyclic amines) is 1. The first kappa shape index (κ1) is 22.4. The van der Waals surface area contributed by atoms with Crippen LogP contribution in [0.25, 0.3) is 0 Å². The van der Waals surface area contributed by atoms with Crippen LogP contribution in [0, 0.1) is 0 Å². The third-order valence-electron chi connectivity index (χ3n) is 4.38. The Morgan fingerprint density at radius 1 is 1.30 bits per heavy atom. The Morgan fingerprint density at radius 2 is 1.96 bits per heavy atom. The van der Waals surface area contributed by atoms with Crippen molar-refractivity contribution in [3.05, 3.63) is 0 Å². The minimum atomic E-state index is -0.734. The number of carbonyl (C=O) groups excluding carboxylic acids is 1. The van der Waals surface area contributed by atoms with Crippen molar-refractivity contribution >= 4 is 35.8 Å². The number of amides is 1. The fraction of sp³-hybridized carbons (Fsp3) is 0.875. The van der Waals surface area contributed by atoms with Crippen LogP contribution in [0.1, 0.15) is 53.4 Å². The lowest BCUT2D eigenvalue weighted by Gasteiger charge is -2.24. The first-order chi connectivity index (χ1) is 10.5. The van der Waals surface area contributed by atoms with Crippen LogP contribution in [0.5, 0.6) is 0 Å². The lowest BCUT2D eigenvalue weighted by molar-refractivity contribution is -0.129. The number of carbonyl (C=O) groups is 1. The maximum atomic E-state index is 11.7. The third-order valence-corrected chi connectivity index (χ3v) is 4.38. The second kappa shape index (κ2) is 11.1. The van der Waals surface area contributed by atoms with Crippen LogP contribution in [0.4, 0.5) is 0 Å². The number of halogens is 1. The molecule has 0 aliphatic carbocycles. The summed E-state index contributed by atoms with van der Waals surface area (Å²) in [6, 6.07) is 0.227. The quantitative estimate of drug-likeness (QED) is 0.320. The van der Waals surface area contributed by atoms with E-state index in [1.807, 2.05) is 32.6 Å². The zero-order valence-corrected chi connectivity index (χ0v) is 17.2. The molecule has 0 aromatic carbocycles. The molecule has 0 aromatic rings. The van der Waals surface area contributed by atoms with Gasteiger partial charge in [0.1, 0.15) is 0 Å². The van der Waals surface area contributed by atoms with Gasteiger partial charge in [0.25, 0.3) is 0 Å². The van der Waals surface area contributed by atoms with Gasteiger partial charge in [0.05, 0.1) is 12.1 Å². The molecule has 1 amide bonds. The number of hydrogen-bond acceptors (Lipinski definition) is 3. The summed E-state index contributed by atoms with van der Waals surface area (Å²) in [5, 5.41) is 16.9. The number of nitrogens with one attached hydrogen (secondary N) is 2. The molecule has 3 N–H and O–H groups in total. The highest BCUT2D eigenvalue weighted by molar-refractivity contribution is 14.0. The summed E-state index contributed by atoms with van der Waals surface area (Å²) in [4.78, 5) is 18.1. The largest absolute Gasteiger partial charge is 0.388 e. The summed E-state index contributed by atoms with van der Waals surface area (Å²) in [5.74, 6) is 0.927. The minimum Gasteiger partial charge on any atom is -0.388 e. The van der Waals surface area contributed by atoms with Crippen molar-refractivity contribution in [2.45, 2.75) is 65.0 Å². The number of rotatable bonds is 7. The van der Waals surface area contributed by atoms with E-state index in [0.717, 1.165) is 32.0 Å². The average Bonchev–Trinajstić information content (AvgIpc) is 3.00. The Hall–Kier alpha value is -0.570. The molecule has 1 atom stereocenters. The van der Waals surface area contributed by atoms with Crippen LogP contribution >= 0.6 is 24.0 Å². The number of nitrogens with zero attached hydrogens (tertiary/aromatic N) is 2. The van der Waals surface area contributed by atoms with Gasteiger partial charge in [0.2, 0.25) is 5.91 Å². The maximum absolute atomic E-state index is 11.7. The predicted octanol–water partition coefficient (Wildman–Crippen LogP) is 1.72. The van der Waals surface area contributed by atoms with Crippen LogP contribution in [0.3, 0.4) is 0 Å². The number of hydrogen-bond donors (Lipinski definition) is 3. The van der Waals surface area contributed by atoms with E-state index in [1.165, 1.54) is 0 Å². The zero-order chi connectivity index (χ0) is 16.6. The smallest absolute Gasteiger partial charge is 0.222 e. The lowest BCUT2D eigenvalue weighted by Crippen LogP contribution is -2.46. The average molecular weight is 440 g/mol. The standard InChI is InChI=1S/C16H32N4O2.HI/c1-5-14(21)20-10-9-13(11-20)19-15(17-8-4)18-12-16(22,6-2)7-3;/h13,22H,5-12H2,1-4H3,(H2,17,18,19);1H. The molecule has 0 aromatic heterocycles. The number of guanidine groups is 1. The van der Waals surface area contributed by atoms with Gasteiger partial charge in [-0.1, -0.05) is 20.8 Å². The van der Waals surface area contributed by atoms with E-state index in [2.05, 4.69) is 15.6 Å². The lowest BCUT2D eigenvalue weighted by atomic mass is 9.98. The Labute approximate surface area is 157 Å². The van der Waals surface area contributed by atoms with Crippen LogP contribution in [0.15, 0.2) is 4.99 Å². The molecule has 1 rings (SSSR count). The van der Waals surface area contributed by atoms with Gasteiger partial charge >= 0.3 is 0 Å². The maximum Gasteiger partial charge on any atom is 0.222 e. The molecule has 1 saturated heterocycles. The fourth-order valence-electron chi connectivity index (χ4n) is 2.54. The van der Waals surface area contributed by atoms with Crippen molar-refractivity contribution in [2.75, 3.05) is 26.2 Å². The molecule has 23 heavy (non-hydrogen) atoms. The summed E-state index contributed by atoms with van der Waals surface area (Å²) in [7, 11) is 0. The summed E-state index contributed by atoms with van der Waals surface area (Å²) in [6.07, 6.45) is 2.87. The van der Waals surface area contributed by atoms with Crippen molar-refractivity contribution in [1.29, 1.82) is 0 Å². The van der Waals surface area contributed by atoms with E-state index in [4.69, 9.17) is 0 Å². The molecule has 0 bridgehead atoms. The Balaban J connectivity index is 0.00000484. The molecule has 0 radical (unpaired) electrons. The molecular weight excluding hydrogens is 407 g/mol. The Bertz CT molecular complexity index is 386. The SMILES string of the molecule is CCNC(=NCC(O)(CC)CC)NC1CCN(C(=O)CC)C1.I. The van der Waals surface area contributed by atoms with Gasteiger partial charge in [-0.15, -0.1) is 24.0 Å². The van der Waals surface area contributed by atoms with Crippen molar-refractivity contribution in [1.82, 2.24) is 15.5 Å². The van der Waals surface area contributed by atoms with E-state index >= 15 is 0 Å². The van der Waals surface area contributed by atoms with Gasteiger partial charge in [0.15, 0.2) is 5.96 Å². The van der Waals surface area contributed by atoms with Gasteiger partial charge in [-0.3, -0.25) is 9.79 Å². The second-order valence-electron chi connectivity index (χ2n) is 5.95.